The molecule has 0 heterocycles. The number of hydrogen-bond donors (Lipinski definition) is 1. The first-order chi connectivity index (χ1) is 16.3. The van der Waals surface area contributed by atoms with E-state index in [0.29, 0.717) is 0 Å². The molecule has 0 amide bonds. The standard InChI is InChI=1S/C32H24O/c33-32(26-18-8-3-9-19-26)29-22-12-10-20-27(29)31(24-14-4-1-5-15-24,25-16-6-2-7-17-25)28-21-11-13-23-30(28)32/h1-23,33H. The highest BCUT2D eigenvalue weighted by molar-refractivity contribution is 5.71. The number of rotatable bonds is 3. The molecular weight excluding hydrogens is 400 g/mol. The van der Waals surface area contributed by atoms with Crippen molar-refractivity contribution >= 4 is 0 Å². The Morgan fingerprint density at radius 2 is 0.636 bits per heavy atom. The second kappa shape index (κ2) is 7.58. The molecule has 1 nitrogen and oxygen atoms in total. The first kappa shape index (κ1) is 19.7. The highest BCUT2D eigenvalue weighted by Gasteiger charge is 2.52. The van der Waals surface area contributed by atoms with E-state index < -0.39 is 11.0 Å². The number of benzene rings is 5. The van der Waals surface area contributed by atoms with Crippen LogP contribution < -0.4 is 0 Å². The van der Waals surface area contributed by atoms with E-state index in [9.17, 15) is 5.11 Å². The lowest BCUT2D eigenvalue weighted by atomic mass is 9.55. The molecule has 0 radical (unpaired) electrons. The lowest BCUT2D eigenvalue weighted by Crippen LogP contribution is -2.44. The van der Waals surface area contributed by atoms with Crippen LogP contribution in [-0.2, 0) is 11.0 Å². The molecule has 0 bridgehead atoms. The minimum atomic E-state index is -1.25. The van der Waals surface area contributed by atoms with Gasteiger partial charge in [0.15, 0.2) is 0 Å². The van der Waals surface area contributed by atoms with E-state index in [2.05, 4.69) is 97.1 Å². The summed E-state index contributed by atoms with van der Waals surface area (Å²) in [7, 11) is 0. The number of fused-ring (bicyclic) bond motifs is 2. The summed E-state index contributed by atoms with van der Waals surface area (Å²) in [6.45, 7) is 0. The van der Waals surface area contributed by atoms with Gasteiger partial charge in [-0.25, -0.2) is 0 Å². The predicted molar refractivity (Wildman–Crippen MR) is 133 cm³/mol. The lowest BCUT2D eigenvalue weighted by molar-refractivity contribution is 0.118. The first-order valence-corrected chi connectivity index (χ1v) is 11.4. The third-order valence-electron chi connectivity index (χ3n) is 7.05. The van der Waals surface area contributed by atoms with Crippen molar-refractivity contribution in [3.63, 3.8) is 0 Å². The van der Waals surface area contributed by atoms with E-state index >= 15 is 0 Å². The Morgan fingerprint density at radius 3 is 1.03 bits per heavy atom. The zero-order valence-electron chi connectivity index (χ0n) is 18.2. The Bertz CT molecular complexity index is 1320. The van der Waals surface area contributed by atoms with Crippen LogP contribution in [0.15, 0.2) is 140 Å². The van der Waals surface area contributed by atoms with Gasteiger partial charge < -0.3 is 5.11 Å². The molecular formula is C32H24O. The average Bonchev–Trinajstić information content (AvgIpc) is 2.91. The van der Waals surface area contributed by atoms with Crippen LogP contribution in [0.4, 0.5) is 0 Å². The van der Waals surface area contributed by atoms with E-state index in [1.54, 1.807) is 0 Å². The maximum Gasteiger partial charge on any atom is 0.141 e. The van der Waals surface area contributed by atoms with E-state index in [4.69, 9.17) is 0 Å². The predicted octanol–water partition coefficient (Wildman–Crippen LogP) is 6.67. The summed E-state index contributed by atoms with van der Waals surface area (Å²) in [5.74, 6) is 0. The zero-order chi connectivity index (χ0) is 22.3. The molecule has 0 aromatic heterocycles. The molecule has 1 aliphatic carbocycles. The smallest absolute Gasteiger partial charge is 0.141 e. The maximum absolute atomic E-state index is 12.6. The van der Waals surface area contributed by atoms with Gasteiger partial charge >= 0.3 is 0 Å². The minimum absolute atomic E-state index is 0.545. The van der Waals surface area contributed by atoms with Gasteiger partial charge in [-0.05, 0) is 38.9 Å². The van der Waals surface area contributed by atoms with Crippen molar-refractivity contribution < 1.29 is 5.11 Å². The van der Waals surface area contributed by atoms with Gasteiger partial charge in [-0.3, -0.25) is 0 Å². The van der Waals surface area contributed by atoms with Gasteiger partial charge in [0.2, 0.25) is 0 Å². The first-order valence-electron chi connectivity index (χ1n) is 11.4. The summed E-state index contributed by atoms with van der Waals surface area (Å²) in [4.78, 5) is 0. The van der Waals surface area contributed by atoms with Crippen molar-refractivity contribution in [3.05, 3.63) is 178 Å². The molecule has 0 aliphatic heterocycles. The maximum atomic E-state index is 12.6. The van der Waals surface area contributed by atoms with Gasteiger partial charge in [0.1, 0.15) is 5.60 Å². The van der Waals surface area contributed by atoms with Gasteiger partial charge in [-0.2, -0.15) is 0 Å². The topological polar surface area (TPSA) is 20.2 Å². The van der Waals surface area contributed by atoms with E-state index in [1.807, 2.05) is 42.5 Å². The quantitative estimate of drug-likeness (QED) is 0.343. The molecule has 0 unspecified atom stereocenters. The summed E-state index contributed by atoms with van der Waals surface area (Å²) in [6.07, 6.45) is 0. The molecule has 33 heavy (non-hydrogen) atoms. The van der Waals surface area contributed by atoms with Crippen LogP contribution in [-0.4, -0.2) is 5.11 Å². The highest BCUT2D eigenvalue weighted by Crippen LogP contribution is 2.56. The summed E-state index contributed by atoms with van der Waals surface area (Å²) in [5, 5.41) is 12.6. The van der Waals surface area contributed by atoms with Crippen molar-refractivity contribution in [3.8, 4) is 0 Å². The zero-order valence-corrected chi connectivity index (χ0v) is 18.2. The summed E-state index contributed by atoms with van der Waals surface area (Å²) >= 11 is 0. The van der Waals surface area contributed by atoms with Crippen LogP contribution in [0.5, 0.6) is 0 Å². The average molecular weight is 425 g/mol. The Hall–Kier alpha value is -3.94. The number of hydrogen-bond acceptors (Lipinski definition) is 1. The van der Waals surface area contributed by atoms with E-state index in [-0.39, 0.29) is 0 Å². The summed E-state index contributed by atoms with van der Waals surface area (Å²) in [6, 6.07) is 48.1. The Morgan fingerprint density at radius 1 is 0.333 bits per heavy atom. The van der Waals surface area contributed by atoms with Crippen LogP contribution in [0.1, 0.15) is 38.9 Å². The highest BCUT2D eigenvalue weighted by atomic mass is 16.3. The van der Waals surface area contributed by atoms with Crippen molar-refractivity contribution in [1.29, 1.82) is 0 Å². The molecule has 1 heteroatoms. The fraction of sp³-hybridized carbons (Fsp3) is 0.0625. The van der Waals surface area contributed by atoms with Crippen molar-refractivity contribution in [2.45, 2.75) is 11.0 Å². The third-order valence-corrected chi connectivity index (χ3v) is 7.05. The molecule has 1 aliphatic rings. The van der Waals surface area contributed by atoms with Crippen LogP contribution >= 0.6 is 0 Å². The molecule has 0 saturated heterocycles. The Labute approximate surface area is 194 Å². The number of aliphatic hydroxyl groups is 1. The van der Waals surface area contributed by atoms with E-state index in [0.717, 1.165) is 27.8 Å². The molecule has 5 aromatic carbocycles. The Kier molecular flexibility index (Phi) is 4.53. The monoisotopic (exact) mass is 424 g/mol. The fourth-order valence-electron chi connectivity index (χ4n) is 5.70. The van der Waals surface area contributed by atoms with Crippen LogP contribution in [0.25, 0.3) is 0 Å². The van der Waals surface area contributed by atoms with E-state index in [1.165, 1.54) is 11.1 Å². The van der Waals surface area contributed by atoms with Gasteiger partial charge in [0.25, 0.3) is 0 Å². The van der Waals surface area contributed by atoms with Crippen molar-refractivity contribution in [2.75, 3.05) is 0 Å². The fourth-order valence-corrected chi connectivity index (χ4v) is 5.70. The molecule has 158 valence electrons. The molecule has 0 spiro atoms. The molecule has 0 fully saturated rings. The molecule has 1 N–H and O–H groups in total. The molecule has 0 atom stereocenters. The van der Waals surface area contributed by atoms with Crippen LogP contribution in [0.2, 0.25) is 0 Å². The van der Waals surface area contributed by atoms with Gasteiger partial charge in [-0.15, -0.1) is 0 Å². The largest absolute Gasteiger partial charge is 0.376 e. The van der Waals surface area contributed by atoms with Gasteiger partial charge in [-0.1, -0.05) is 140 Å². The van der Waals surface area contributed by atoms with Gasteiger partial charge in [0.05, 0.1) is 5.41 Å². The van der Waals surface area contributed by atoms with Crippen molar-refractivity contribution in [1.82, 2.24) is 0 Å². The van der Waals surface area contributed by atoms with Gasteiger partial charge in [0, 0.05) is 0 Å². The normalized spacial score (nSPS) is 15.3. The Balaban J connectivity index is 1.82. The second-order valence-corrected chi connectivity index (χ2v) is 8.65. The van der Waals surface area contributed by atoms with Crippen LogP contribution in [0, 0.1) is 0 Å². The summed E-state index contributed by atoms with van der Waals surface area (Å²) < 4.78 is 0. The summed E-state index contributed by atoms with van der Waals surface area (Å²) in [5.41, 5.74) is 5.50. The second-order valence-electron chi connectivity index (χ2n) is 8.65. The van der Waals surface area contributed by atoms with Crippen molar-refractivity contribution in [2.24, 2.45) is 0 Å². The molecule has 5 aromatic rings. The lowest BCUT2D eigenvalue weighted by Gasteiger charge is -2.48. The third kappa shape index (κ3) is 2.70. The molecule has 0 saturated carbocycles. The SMILES string of the molecule is OC1(c2ccccc2)c2ccccc2C(c2ccccc2)(c2ccccc2)c2ccccc21. The molecule has 6 rings (SSSR count). The minimum Gasteiger partial charge on any atom is -0.376 e. The van der Waals surface area contributed by atoms with Crippen LogP contribution in [0.3, 0.4) is 0 Å².